The molecule has 0 bridgehead atoms. The maximum atomic E-state index is 9.68. The lowest BCUT2D eigenvalue weighted by atomic mass is 9.94. The fourth-order valence-electron chi connectivity index (χ4n) is 1.80. The fraction of sp³-hybridized carbons (Fsp3) is 0.571. The SMILES string of the molecule is CC(C)c1cccc(C(C)C)c1OC(O)CP. The standard InChI is InChI=1S/C14H23O2P/c1-9(2)11-6-5-7-12(10(3)4)14(11)16-13(15)8-17/h5-7,9-10,13,15H,8,17H2,1-4H3. The minimum Gasteiger partial charge on any atom is -0.464 e. The highest BCUT2D eigenvalue weighted by Crippen LogP contribution is 2.34. The largest absolute Gasteiger partial charge is 0.464 e. The predicted octanol–water partition coefficient (Wildman–Crippen LogP) is 3.51. The number of hydrogen-bond acceptors (Lipinski definition) is 2. The van der Waals surface area contributed by atoms with E-state index < -0.39 is 6.29 Å². The number of hydrogen-bond donors (Lipinski definition) is 1. The predicted molar refractivity (Wildman–Crippen MR) is 75.8 cm³/mol. The molecule has 0 radical (unpaired) electrons. The molecule has 1 N–H and O–H groups in total. The third-order valence-corrected chi connectivity index (χ3v) is 3.18. The van der Waals surface area contributed by atoms with E-state index in [1.807, 2.05) is 0 Å². The van der Waals surface area contributed by atoms with Crippen LogP contribution in [-0.4, -0.2) is 17.6 Å². The molecule has 0 aliphatic heterocycles. The van der Waals surface area contributed by atoms with E-state index in [0.717, 1.165) is 16.9 Å². The van der Waals surface area contributed by atoms with E-state index in [-0.39, 0.29) is 0 Å². The van der Waals surface area contributed by atoms with Gasteiger partial charge < -0.3 is 9.84 Å². The Hall–Kier alpha value is -0.590. The molecule has 96 valence electrons. The molecule has 0 heterocycles. The van der Waals surface area contributed by atoms with Crippen LogP contribution in [0.1, 0.15) is 50.7 Å². The van der Waals surface area contributed by atoms with Gasteiger partial charge in [-0.3, -0.25) is 0 Å². The first-order valence-electron chi connectivity index (χ1n) is 6.15. The second-order valence-electron chi connectivity index (χ2n) is 4.88. The van der Waals surface area contributed by atoms with E-state index in [0.29, 0.717) is 18.0 Å². The summed E-state index contributed by atoms with van der Waals surface area (Å²) in [7, 11) is 2.49. The maximum Gasteiger partial charge on any atom is 0.200 e. The highest BCUT2D eigenvalue weighted by molar-refractivity contribution is 7.16. The Labute approximate surface area is 107 Å². The summed E-state index contributed by atoms with van der Waals surface area (Å²) >= 11 is 0. The van der Waals surface area contributed by atoms with Gasteiger partial charge in [0.2, 0.25) is 6.29 Å². The van der Waals surface area contributed by atoms with Crippen LogP contribution in [0.3, 0.4) is 0 Å². The summed E-state index contributed by atoms with van der Waals surface area (Å²) in [5.41, 5.74) is 2.32. The van der Waals surface area contributed by atoms with Crippen molar-refractivity contribution in [1.29, 1.82) is 0 Å². The molecule has 0 saturated carbocycles. The van der Waals surface area contributed by atoms with E-state index in [2.05, 4.69) is 55.1 Å². The van der Waals surface area contributed by atoms with Crippen molar-refractivity contribution in [3.63, 3.8) is 0 Å². The molecule has 0 fully saturated rings. The monoisotopic (exact) mass is 254 g/mol. The van der Waals surface area contributed by atoms with Crippen LogP contribution in [-0.2, 0) is 0 Å². The summed E-state index contributed by atoms with van der Waals surface area (Å²) in [6.07, 6.45) is -0.235. The first-order valence-corrected chi connectivity index (χ1v) is 6.96. The Morgan fingerprint density at radius 3 is 1.94 bits per heavy atom. The molecule has 0 spiro atoms. The summed E-state index contributed by atoms with van der Waals surface area (Å²) in [4.78, 5) is 0. The van der Waals surface area contributed by atoms with E-state index >= 15 is 0 Å². The number of benzene rings is 1. The normalized spacial score (nSPS) is 13.2. The van der Waals surface area contributed by atoms with Crippen LogP contribution in [0.5, 0.6) is 5.75 Å². The molecule has 1 rings (SSSR count). The van der Waals surface area contributed by atoms with Gasteiger partial charge in [-0.2, -0.15) is 0 Å². The number of para-hydroxylation sites is 1. The first kappa shape index (κ1) is 14.5. The van der Waals surface area contributed by atoms with Crippen LogP contribution in [0.25, 0.3) is 0 Å². The molecule has 3 heteroatoms. The average Bonchev–Trinajstić information content (AvgIpc) is 2.28. The van der Waals surface area contributed by atoms with Crippen LogP contribution in [0.4, 0.5) is 0 Å². The zero-order chi connectivity index (χ0) is 13.0. The third-order valence-electron chi connectivity index (χ3n) is 2.78. The molecule has 0 amide bonds. The molecule has 2 atom stereocenters. The minimum atomic E-state index is -0.752. The lowest BCUT2D eigenvalue weighted by molar-refractivity contribution is 0.00196. The van der Waals surface area contributed by atoms with E-state index in [1.165, 1.54) is 0 Å². The van der Waals surface area contributed by atoms with Crippen molar-refractivity contribution in [3.05, 3.63) is 29.3 Å². The summed E-state index contributed by atoms with van der Waals surface area (Å²) < 4.78 is 5.68. The van der Waals surface area contributed by atoms with Gasteiger partial charge in [0.15, 0.2) is 0 Å². The molecule has 2 unspecified atom stereocenters. The maximum absolute atomic E-state index is 9.68. The van der Waals surface area contributed by atoms with Gasteiger partial charge in [0.25, 0.3) is 0 Å². The van der Waals surface area contributed by atoms with Crippen molar-refractivity contribution < 1.29 is 9.84 Å². The zero-order valence-electron chi connectivity index (χ0n) is 11.1. The van der Waals surface area contributed by atoms with Crippen molar-refractivity contribution in [1.82, 2.24) is 0 Å². The minimum absolute atomic E-state index is 0.389. The molecular weight excluding hydrogens is 231 g/mol. The lowest BCUT2D eigenvalue weighted by Gasteiger charge is -2.22. The Morgan fingerprint density at radius 2 is 1.59 bits per heavy atom. The van der Waals surface area contributed by atoms with Crippen molar-refractivity contribution in [2.75, 3.05) is 6.16 Å². The topological polar surface area (TPSA) is 29.5 Å². The second kappa shape index (κ2) is 6.37. The lowest BCUT2D eigenvalue weighted by Crippen LogP contribution is -2.19. The van der Waals surface area contributed by atoms with Gasteiger partial charge in [-0.05, 0) is 23.0 Å². The highest BCUT2D eigenvalue weighted by Gasteiger charge is 2.17. The summed E-state index contributed by atoms with van der Waals surface area (Å²) in [5, 5.41) is 9.68. The Kier molecular flexibility index (Phi) is 5.42. The molecule has 0 aromatic heterocycles. The Morgan fingerprint density at radius 1 is 1.12 bits per heavy atom. The zero-order valence-corrected chi connectivity index (χ0v) is 12.3. The summed E-state index contributed by atoms with van der Waals surface area (Å²) in [5.74, 6) is 1.63. The Balaban J connectivity index is 3.18. The van der Waals surface area contributed by atoms with Crippen molar-refractivity contribution in [3.8, 4) is 5.75 Å². The van der Waals surface area contributed by atoms with Gasteiger partial charge >= 0.3 is 0 Å². The van der Waals surface area contributed by atoms with E-state index in [1.54, 1.807) is 0 Å². The van der Waals surface area contributed by atoms with Crippen LogP contribution in [0.2, 0.25) is 0 Å². The highest BCUT2D eigenvalue weighted by atomic mass is 31.0. The number of aliphatic hydroxyl groups is 1. The molecule has 17 heavy (non-hydrogen) atoms. The van der Waals surface area contributed by atoms with Gasteiger partial charge in [-0.25, -0.2) is 0 Å². The van der Waals surface area contributed by atoms with E-state index in [9.17, 15) is 5.11 Å². The quantitative estimate of drug-likeness (QED) is 0.643. The number of aliphatic hydroxyl groups excluding tert-OH is 1. The molecule has 0 aliphatic carbocycles. The van der Waals surface area contributed by atoms with Gasteiger partial charge in [0, 0.05) is 6.16 Å². The van der Waals surface area contributed by atoms with Crippen LogP contribution < -0.4 is 4.74 Å². The summed E-state index contributed by atoms with van der Waals surface area (Å²) in [6.45, 7) is 8.55. The molecule has 1 aromatic carbocycles. The molecule has 0 aliphatic rings. The van der Waals surface area contributed by atoms with Crippen molar-refractivity contribution in [2.45, 2.75) is 45.8 Å². The number of rotatable bonds is 5. The average molecular weight is 254 g/mol. The van der Waals surface area contributed by atoms with Crippen LogP contribution in [0, 0.1) is 0 Å². The smallest absolute Gasteiger partial charge is 0.200 e. The van der Waals surface area contributed by atoms with Gasteiger partial charge in [0.05, 0.1) is 0 Å². The van der Waals surface area contributed by atoms with Crippen molar-refractivity contribution in [2.24, 2.45) is 0 Å². The summed E-state index contributed by atoms with van der Waals surface area (Å²) in [6, 6.07) is 6.20. The molecule has 0 saturated heterocycles. The second-order valence-corrected chi connectivity index (χ2v) is 5.35. The number of ether oxygens (including phenoxy) is 1. The third kappa shape index (κ3) is 3.69. The van der Waals surface area contributed by atoms with Gasteiger partial charge in [-0.15, -0.1) is 9.24 Å². The van der Waals surface area contributed by atoms with Gasteiger partial charge in [-0.1, -0.05) is 45.9 Å². The molecular formula is C14H23O2P. The van der Waals surface area contributed by atoms with Crippen LogP contribution >= 0.6 is 9.24 Å². The van der Waals surface area contributed by atoms with E-state index in [4.69, 9.17) is 4.74 Å². The molecule has 1 aromatic rings. The van der Waals surface area contributed by atoms with Gasteiger partial charge in [0.1, 0.15) is 5.75 Å². The van der Waals surface area contributed by atoms with Crippen molar-refractivity contribution >= 4 is 9.24 Å². The first-order chi connectivity index (χ1) is 7.97. The van der Waals surface area contributed by atoms with Crippen LogP contribution in [0.15, 0.2) is 18.2 Å². The molecule has 2 nitrogen and oxygen atoms in total. The Bertz CT molecular complexity index is 335. The fourth-order valence-corrected chi connectivity index (χ4v) is 1.90.